The summed E-state index contributed by atoms with van der Waals surface area (Å²) in [4.78, 5) is 0. The molecule has 1 saturated carbocycles. The lowest BCUT2D eigenvalue weighted by atomic mass is 9.75. The number of halogens is 1. The predicted molar refractivity (Wildman–Crippen MR) is 89.4 cm³/mol. The molecule has 1 aliphatic rings. The van der Waals surface area contributed by atoms with Gasteiger partial charge in [0.25, 0.3) is 0 Å². The van der Waals surface area contributed by atoms with E-state index in [4.69, 9.17) is 5.84 Å². The Morgan fingerprint density at radius 2 is 1.95 bits per heavy atom. The second-order valence-corrected chi connectivity index (χ2v) is 7.11. The third-order valence-corrected chi connectivity index (χ3v) is 6.12. The maximum absolute atomic E-state index is 5.90. The molecule has 1 aliphatic carbocycles. The third-order valence-electron chi connectivity index (χ3n) is 4.87. The van der Waals surface area contributed by atoms with Gasteiger partial charge in [0.2, 0.25) is 0 Å². The highest BCUT2D eigenvalue weighted by molar-refractivity contribution is 9.10. The molecule has 0 bridgehead atoms. The van der Waals surface area contributed by atoms with Crippen molar-refractivity contribution in [3.8, 4) is 0 Å². The van der Waals surface area contributed by atoms with Crippen LogP contribution < -0.4 is 11.3 Å². The summed E-state index contributed by atoms with van der Waals surface area (Å²) < 4.78 is 1.21. The molecule has 0 spiro atoms. The summed E-state index contributed by atoms with van der Waals surface area (Å²) in [5.41, 5.74) is 7.02. The first-order valence-electron chi connectivity index (χ1n) is 7.79. The number of benzene rings is 1. The molecule has 3 heteroatoms. The van der Waals surface area contributed by atoms with Gasteiger partial charge < -0.3 is 0 Å². The van der Waals surface area contributed by atoms with Crippen LogP contribution in [-0.2, 0) is 0 Å². The molecule has 2 rings (SSSR count). The molecule has 112 valence electrons. The first-order chi connectivity index (χ1) is 9.56. The summed E-state index contributed by atoms with van der Waals surface area (Å²) in [6.45, 7) is 6.62. The van der Waals surface area contributed by atoms with Crippen LogP contribution in [-0.4, -0.2) is 0 Å². The summed E-state index contributed by atoms with van der Waals surface area (Å²) >= 11 is 3.65. The van der Waals surface area contributed by atoms with E-state index in [1.165, 1.54) is 53.3 Å². The number of hydrogen-bond acceptors (Lipinski definition) is 2. The zero-order valence-corrected chi connectivity index (χ0v) is 14.5. The minimum absolute atomic E-state index is 0.287. The zero-order chi connectivity index (χ0) is 14.7. The number of hydrazine groups is 1. The molecule has 0 aromatic heterocycles. The van der Waals surface area contributed by atoms with Crippen molar-refractivity contribution in [1.29, 1.82) is 0 Å². The van der Waals surface area contributed by atoms with Crippen molar-refractivity contribution in [3.63, 3.8) is 0 Å². The minimum Gasteiger partial charge on any atom is -0.271 e. The zero-order valence-electron chi connectivity index (χ0n) is 12.9. The minimum atomic E-state index is 0.287. The van der Waals surface area contributed by atoms with Crippen LogP contribution in [0.3, 0.4) is 0 Å². The number of nitrogens with one attached hydrogen (secondary N) is 1. The smallest absolute Gasteiger partial charge is 0.0488 e. The average molecular weight is 339 g/mol. The molecule has 0 heterocycles. The Bertz CT molecular complexity index is 435. The standard InChI is InChI=1S/C17H27BrN2/c1-4-13-6-5-7-14(10-13)17(20-19)15-8-11(2)16(18)12(3)9-15/h8-9,13-14,17,20H,4-7,10,19H2,1-3H3. The molecule has 1 aromatic carbocycles. The number of nitrogens with two attached hydrogens (primary N) is 1. The summed E-state index contributed by atoms with van der Waals surface area (Å²) in [6.07, 6.45) is 6.63. The molecule has 1 fully saturated rings. The fraction of sp³-hybridized carbons (Fsp3) is 0.647. The van der Waals surface area contributed by atoms with E-state index in [1.54, 1.807) is 0 Å². The highest BCUT2D eigenvalue weighted by Gasteiger charge is 2.28. The first-order valence-corrected chi connectivity index (χ1v) is 8.58. The van der Waals surface area contributed by atoms with E-state index in [-0.39, 0.29) is 6.04 Å². The van der Waals surface area contributed by atoms with E-state index in [9.17, 15) is 0 Å². The van der Waals surface area contributed by atoms with Gasteiger partial charge in [-0.25, -0.2) is 0 Å². The highest BCUT2D eigenvalue weighted by atomic mass is 79.9. The lowest BCUT2D eigenvalue weighted by molar-refractivity contribution is 0.210. The van der Waals surface area contributed by atoms with Crippen molar-refractivity contribution in [3.05, 3.63) is 33.3 Å². The summed E-state index contributed by atoms with van der Waals surface area (Å²) in [6, 6.07) is 4.84. The van der Waals surface area contributed by atoms with Crippen molar-refractivity contribution in [2.24, 2.45) is 17.7 Å². The van der Waals surface area contributed by atoms with Crippen LogP contribution in [0.2, 0.25) is 0 Å². The largest absolute Gasteiger partial charge is 0.271 e. The Balaban J connectivity index is 2.23. The second kappa shape index (κ2) is 7.06. The van der Waals surface area contributed by atoms with Crippen LogP contribution >= 0.6 is 15.9 Å². The Labute approximate surface area is 131 Å². The Morgan fingerprint density at radius 3 is 2.50 bits per heavy atom. The van der Waals surface area contributed by atoms with Crippen molar-refractivity contribution >= 4 is 15.9 Å². The molecule has 3 atom stereocenters. The number of rotatable bonds is 4. The fourth-order valence-corrected chi connectivity index (χ4v) is 3.90. The van der Waals surface area contributed by atoms with Crippen molar-refractivity contribution < 1.29 is 0 Å². The molecule has 20 heavy (non-hydrogen) atoms. The Morgan fingerprint density at radius 1 is 1.30 bits per heavy atom. The molecule has 3 unspecified atom stereocenters. The quantitative estimate of drug-likeness (QED) is 0.612. The maximum Gasteiger partial charge on any atom is 0.0488 e. The van der Waals surface area contributed by atoms with Crippen LogP contribution in [0.1, 0.15) is 61.8 Å². The Hall–Kier alpha value is -0.380. The number of aryl methyl sites for hydroxylation is 2. The monoisotopic (exact) mass is 338 g/mol. The normalized spacial score (nSPS) is 24.6. The van der Waals surface area contributed by atoms with Gasteiger partial charge >= 0.3 is 0 Å². The van der Waals surface area contributed by atoms with Gasteiger partial charge in [-0.1, -0.05) is 54.2 Å². The average Bonchev–Trinajstić information content (AvgIpc) is 2.45. The SMILES string of the molecule is CCC1CCCC(C(NN)c2cc(C)c(Br)c(C)c2)C1. The molecular formula is C17H27BrN2. The van der Waals surface area contributed by atoms with Gasteiger partial charge in [0.05, 0.1) is 0 Å². The van der Waals surface area contributed by atoms with E-state index in [0.29, 0.717) is 5.92 Å². The first kappa shape index (κ1) is 16.0. The van der Waals surface area contributed by atoms with Gasteiger partial charge in [-0.15, -0.1) is 0 Å². The summed E-state index contributed by atoms with van der Waals surface area (Å²) in [5, 5.41) is 0. The molecular weight excluding hydrogens is 312 g/mol. The van der Waals surface area contributed by atoms with E-state index < -0.39 is 0 Å². The van der Waals surface area contributed by atoms with Crippen LogP contribution in [0.5, 0.6) is 0 Å². The van der Waals surface area contributed by atoms with E-state index >= 15 is 0 Å². The molecule has 3 N–H and O–H groups in total. The molecule has 0 aliphatic heterocycles. The van der Waals surface area contributed by atoms with Crippen LogP contribution in [0.15, 0.2) is 16.6 Å². The highest BCUT2D eigenvalue weighted by Crippen LogP contribution is 2.39. The van der Waals surface area contributed by atoms with Gasteiger partial charge in [0, 0.05) is 10.5 Å². The van der Waals surface area contributed by atoms with Gasteiger partial charge in [-0.2, -0.15) is 0 Å². The molecule has 1 aromatic rings. The topological polar surface area (TPSA) is 38.0 Å². The van der Waals surface area contributed by atoms with Crippen molar-refractivity contribution in [2.75, 3.05) is 0 Å². The lowest BCUT2D eigenvalue weighted by Crippen LogP contribution is -2.36. The van der Waals surface area contributed by atoms with Gasteiger partial charge in [-0.05, 0) is 55.2 Å². The molecule has 0 amide bonds. The van der Waals surface area contributed by atoms with E-state index in [0.717, 1.165) is 5.92 Å². The number of hydrogen-bond donors (Lipinski definition) is 2. The van der Waals surface area contributed by atoms with Crippen molar-refractivity contribution in [2.45, 2.75) is 58.9 Å². The van der Waals surface area contributed by atoms with Gasteiger partial charge in [0.1, 0.15) is 0 Å². The lowest BCUT2D eigenvalue weighted by Gasteiger charge is -2.34. The summed E-state index contributed by atoms with van der Waals surface area (Å²) in [5.74, 6) is 7.44. The van der Waals surface area contributed by atoms with Crippen LogP contribution in [0.25, 0.3) is 0 Å². The van der Waals surface area contributed by atoms with Crippen LogP contribution in [0, 0.1) is 25.7 Å². The second-order valence-electron chi connectivity index (χ2n) is 6.31. The summed E-state index contributed by atoms with van der Waals surface area (Å²) in [7, 11) is 0. The molecule has 0 saturated heterocycles. The van der Waals surface area contributed by atoms with Crippen LogP contribution in [0.4, 0.5) is 0 Å². The molecule has 0 radical (unpaired) electrons. The van der Waals surface area contributed by atoms with E-state index in [2.05, 4.69) is 54.3 Å². The van der Waals surface area contributed by atoms with Gasteiger partial charge in [0.15, 0.2) is 0 Å². The Kier molecular flexibility index (Phi) is 5.65. The third kappa shape index (κ3) is 3.44. The fourth-order valence-electron chi connectivity index (χ4n) is 3.67. The molecule has 2 nitrogen and oxygen atoms in total. The van der Waals surface area contributed by atoms with Gasteiger partial charge in [-0.3, -0.25) is 11.3 Å². The van der Waals surface area contributed by atoms with E-state index in [1.807, 2.05) is 0 Å². The maximum atomic E-state index is 5.90. The van der Waals surface area contributed by atoms with Crippen molar-refractivity contribution in [1.82, 2.24) is 5.43 Å². The predicted octanol–water partition coefficient (Wildman–Crippen LogP) is 4.79.